The van der Waals surface area contributed by atoms with E-state index in [0.717, 1.165) is 35.7 Å². The minimum Gasteiger partial charge on any atom is -0.497 e. The molecule has 2 aromatic carbocycles. The number of anilines is 2. The molecule has 2 unspecified atom stereocenters. The van der Waals surface area contributed by atoms with Crippen LogP contribution in [-0.2, 0) is 0 Å². The van der Waals surface area contributed by atoms with Crippen LogP contribution in [0.5, 0.6) is 17.2 Å². The first-order chi connectivity index (χ1) is 13.5. The standard InChI is InChI=1S/C22H24N2O4/c1-23-14-4-5-15(23)11-16(10-14)24-18-7-3-13(22(25)26)9-21(18)28-20-8-6-17(27-2)12-19(20)24/h3,6-9,12,14-16H,4-5,10-11H2,1-2H3,(H,25,26). The van der Waals surface area contributed by atoms with Crippen molar-refractivity contribution in [1.82, 2.24) is 4.90 Å². The topological polar surface area (TPSA) is 62.2 Å². The molecule has 2 saturated heterocycles. The Morgan fingerprint density at radius 2 is 1.79 bits per heavy atom. The number of nitrogens with zero attached hydrogens (tertiary/aromatic N) is 2. The zero-order valence-corrected chi connectivity index (χ0v) is 16.1. The molecule has 3 aliphatic heterocycles. The van der Waals surface area contributed by atoms with Gasteiger partial charge in [0, 0.05) is 24.2 Å². The smallest absolute Gasteiger partial charge is 0.335 e. The monoisotopic (exact) mass is 380 g/mol. The highest BCUT2D eigenvalue weighted by molar-refractivity contribution is 5.90. The maximum atomic E-state index is 11.4. The maximum Gasteiger partial charge on any atom is 0.335 e. The minimum absolute atomic E-state index is 0.235. The molecule has 2 bridgehead atoms. The first-order valence-corrected chi connectivity index (χ1v) is 9.79. The van der Waals surface area contributed by atoms with E-state index in [4.69, 9.17) is 9.47 Å². The summed E-state index contributed by atoms with van der Waals surface area (Å²) in [5.41, 5.74) is 2.16. The van der Waals surface area contributed by atoms with Gasteiger partial charge in [0.1, 0.15) is 5.75 Å². The lowest BCUT2D eigenvalue weighted by Gasteiger charge is -2.45. The molecule has 28 heavy (non-hydrogen) atoms. The molecule has 5 rings (SSSR count). The van der Waals surface area contributed by atoms with Crippen LogP contribution in [0.4, 0.5) is 11.4 Å². The van der Waals surface area contributed by atoms with Gasteiger partial charge in [-0.15, -0.1) is 0 Å². The third-order valence-electron chi connectivity index (χ3n) is 6.55. The molecule has 2 fully saturated rings. The zero-order valence-electron chi connectivity index (χ0n) is 16.1. The van der Waals surface area contributed by atoms with Crippen LogP contribution in [0.15, 0.2) is 36.4 Å². The third-order valence-corrected chi connectivity index (χ3v) is 6.55. The highest BCUT2D eigenvalue weighted by Gasteiger charge is 2.42. The molecule has 0 aromatic heterocycles. The molecule has 2 atom stereocenters. The van der Waals surface area contributed by atoms with Crippen LogP contribution in [-0.4, -0.2) is 48.3 Å². The van der Waals surface area contributed by atoms with Crippen molar-refractivity contribution >= 4 is 17.3 Å². The van der Waals surface area contributed by atoms with Gasteiger partial charge < -0.3 is 24.4 Å². The third kappa shape index (κ3) is 2.63. The van der Waals surface area contributed by atoms with Crippen molar-refractivity contribution in [1.29, 1.82) is 0 Å². The van der Waals surface area contributed by atoms with Gasteiger partial charge in [-0.1, -0.05) is 0 Å². The van der Waals surface area contributed by atoms with Crippen LogP contribution in [0.25, 0.3) is 0 Å². The van der Waals surface area contributed by atoms with Gasteiger partial charge in [-0.3, -0.25) is 0 Å². The Hall–Kier alpha value is -2.73. The quantitative estimate of drug-likeness (QED) is 0.858. The molecule has 1 N–H and O–H groups in total. The molecule has 3 aliphatic rings. The number of hydrogen-bond donors (Lipinski definition) is 1. The van der Waals surface area contributed by atoms with E-state index in [1.807, 2.05) is 24.3 Å². The van der Waals surface area contributed by atoms with Gasteiger partial charge in [-0.2, -0.15) is 0 Å². The van der Waals surface area contributed by atoms with Crippen molar-refractivity contribution in [3.05, 3.63) is 42.0 Å². The predicted molar refractivity (Wildman–Crippen MR) is 106 cm³/mol. The van der Waals surface area contributed by atoms with Gasteiger partial charge in [0.15, 0.2) is 11.5 Å². The predicted octanol–water partition coefficient (Wildman–Crippen LogP) is 4.26. The highest BCUT2D eigenvalue weighted by Crippen LogP contribution is 2.51. The Kier molecular flexibility index (Phi) is 3.98. The number of hydrogen-bond acceptors (Lipinski definition) is 5. The Morgan fingerprint density at radius 1 is 1.04 bits per heavy atom. The average Bonchev–Trinajstić information content (AvgIpc) is 2.91. The second-order valence-electron chi connectivity index (χ2n) is 7.97. The highest BCUT2D eigenvalue weighted by atomic mass is 16.5. The fourth-order valence-electron chi connectivity index (χ4n) is 5.06. The second-order valence-corrected chi connectivity index (χ2v) is 7.97. The Bertz CT molecular complexity index is 930. The number of rotatable bonds is 3. The molecule has 0 radical (unpaired) electrons. The normalized spacial score (nSPS) is 25.6. The number of benzene rings is 2. The molecule has 146 valence electrons. The van der Waals surface area contributed by atoms with Gasteiger partial charge in [0.25, 0.3) is 0 Å². The summed E-state index contributed by atoms with van der Waals surface area (Å²) in [5.74, 6) is 1.18. The Morgan fingerprint density at radius 3 is 2.46 bits per heavy atom. The first kappa shape index (κ1) is 17.4. The summed E-state index contributed by atoms with van der Waals surface area (Å²) < 4.78 is 11.6. The van der Waals surface area contributed by atoms with E-state index >= 15 is 0 Å². The molecule has 0 amide bonds. The summed E-state index contributed by atoms with van der Waals surface area (Å²) in [6, 6.07) is 12.5. The SMILES string of the molecule is COc1ccc2c(c1)N(C1CC3CCC(C1)N3C)c1ccc(C(=O)O)cc1O2. The molecule has 6 heteroatoms. The first-order valence-electron chi connectivity index (χ1n) is 9.79. The molecule has 0 spiro atoms. The Balaban J connectivity index is 1.61. The number of methoxy groups -OCH3 is 1. The van der Waals surface area contributed by atoms with E-state index in [2.05, 4.69) is 16.8 Å². The molecular weight excluding hydrogens is 356 g/mol. The van der Waals surface area contributed by atoms with E-state index in [0.29, 0.717) is 23.9 Å². The molecular formula is C22H24N2O4. The molecule has 2 aromatic rings. The van der Waals surface area contributed by atoms with Crippen LogP contribution >= 0.6 is 0 Å². The van der Waals surface area contributed by atoms with Gasteiger partial charge in [0.2, 0.25) is 0 Å². The van der Waals surface area contributed by atoms with Crippen molar-refractivity contribution < 1.29 is 19.4 Å². The van der Waals surface area contributed by atoms with Gasteiger partial charge in [-0.05, 0) is 63.1 Å². The number of fused-ring (bicyclic) bond motifs is 4. The summed E-state index contributed by atoms with van der Waals surface area (Å²) in [6.07, 6.45) is 4.67. The van der Waals surface area contributed by atoms with Crippen molar-refractivity contribution in [3.63, 3.8) is 0 Å². The van der Waals surface area contributed by atoms with Crippen molar-refractivity contribution in [3.8, 4) is 17.2 Å². The average molecular weight is 380 g/mol. The van der Waals surface area contributed by atoms with Crippen LogP contribution in [0.1, 0.15) is 36.0 Å². The fourth-order valence-corrected chi connectivity index (χ4v) is 5.06. The number of carboxylic acids is 1. The van der Waals surface area contributed by atoms with E-state index in [9.17, 15) is 9.90 Å². The van der Waals surface area contributed by atoms with Gasteiger partial charge in [-0.25, -0.2) is 4.79 Å². The van der Waals surface area contributed by atoms with Gasteiger partial charge >= 0.3 is 5.97 Å². The summed E-state index contributed by atoms with van der Waals surface area (Å²) in [7, 11) is 3.90. The zero-order chi connectivity index (χ0) is 19.4. The number of aromatic carboxylic acids is 1. The number of carbonyl (C=O) groups is 1. The second kappa shape index (κ2) is 6.41. The lowest BCUT2D eigenvalue weighted by atomic mass is 9.94. The van der Waals surface area contributed by atoms with Gasteiger partial charge in [0.05, 0.1) is 24.0 Å². The van der Waals surface area contributed by atoms with Crippen molar-refractivity contribution in [2.24, 2.45) is 0 Å². The number of ether oxygens (including phenoxy) is 2. The molecule has 3 heterocycles. The van der Waals surface area contributed by atoms with E-state index in [1.54, 1.807) is 19.2 Å². The van der Waals surface area contributed by atoms with Crippen LogP contribution in [0, 0.1) is 0 Å². The van der Waals surface area contributed by atoms with Crippen LogP contribution < -0.4 is 14.4 Å². The summed E-state index contributed by atoms with van der Waals surface area (Å²) in [6.45, 7) is 0. The van der Waals surface area contributed by atoms with Crippen molar-refractivity contribution in [2.75, 3.05) is 19.1 Å². The Labute approximate surface area is 164 Å². The number of piperidine rings is 1. The largest absolute Gasteiger partial charge is 0.497 e. The van der Waals surface area contributed by atoms with E-state index in [1.165, 1.54) is 12.8 Å². The fraction of sp³-hybridized carbons (Fsp3) is 0.409. The van der Waals surface area contributed by atoms with Crippen LogP contribution in [0.2, 0.25) is 0 Å². The van der Waals surface area contributed by atoms with E-state index in [-0.39, 0.29) is 5.56 Å². The number of carboxylic acid groups (broad SMARTS) is 1. The lowest BCUT2D eigenvalue weighted by molar-refractivity contribution is 0.0696. The molecule has 0 aliphatic carbocycles. The summed E-state index contributed by atoms with van der Waals surface area (Å²) in [5, 5.41) is 9.38. The van der Waals surface area contributed by atoms with Crippen LogP contribution in [0.3, 0.4) is 0 Å². The molecule has 6 nitrogen and oxygen atoms in total. The minimum atomic E-state index is -0.948. The summed E-state index contributed by atoms with van der Waals surface area (Å²) in [4.78, 5) is 16.3. The summed E-state index contributed by atoms with van der Waals surface area (Å²) >= 11 is 0. The van der Waals surface area contributed by atoms with Crippen molar-refractivity contribution in [2.45, 2.75) is 43.8 Å². The lowest BCUT2D eigenvalue weighted by Crippen LogP contribution is -2.48. The van der Waals surface area contributed by atoms with E-state index < -0.39 is 5.97 Å². The maximum absolute atomic E-state index is 11.4. The molecule has 0 saturated carbocycles.